The van der Waals surface area contributed by atoms with Crippen LogP contribution in [0.1, 0.15) is 21.5 Å². The van der Waals surface area contributed by atoms with Gasteiger partial charge in [-0.15, -0.1) is 0 Å². The van der Waals surface area contributed by atoms with Crippen molar-refractivity contribution >= 4 is 11.6 Å². The van der Waals surface area contributed by atoms with E-state index in [1.54, 1.807) is 19.5 Å². The van der Waals surface area contributed by atoms with Gasteiger partial charge in [0.15, 0.2) is 0 Å². The van der Waals surface area contributed by atoms with Crippen LogP contribution in [0.5, 0.6) is 5.75 Å². The standard InChI is InChI=1S/C27H23N5O3/c1-18-4-3-5-21(14-18)26(33)29-22-10-6-19(7-11-22)15-32-16-24(28-17-32)27-30-25(31-35-27)20-8-12-23(34-2)13-9-20/h3-14,16-17H,15H2,1-2H3,(H,29,33). The number of imidazole rings is 1. The lowest BCUT2D eigenvalue weighted by molar-refractivity contribution is 0.102. The molecule has 0 radical (unpaired) electrons. The number of nitrogens with zero attached hydrogens (tertiary/aromatic N) is 4. The van der Waals surface area contributed by atoms with E-state index in [9.17, 15) is 4.79 Å². The van der Waals surface area contributed by atoms with Crippen LogP contribution in [-0.2, 0) is 6.54 Å². The molecule has 3 aromatic carbocycles. The summed E-state index contributed by atoms with van der Waals surface area (Å²) in [6, 6.07) is 22.7. The van der Waals surface area contributed by atoms with E-state index in [1.807, 2.05) is 84.4 Å². The number of methoxy groups -OCH3 is 1. The van der Waals surface area contributed by atoms with E-state index in [-0.39, 0.29) is 5.91 Å². The number of hydrogen-bond donors (Lipinski definition) is 1. The molecular weight excluding hydrogens is 442 g/mol. The average Bonchev–Trinajstić information content (AvgIpc) is 3.55. The maximum atomic E-state index is 12.5. The third-order valence-corrected chi connectivity index (χ3v) is 5.48. The monoisotopic (exact) mass is 465 g/mol. The molecule has 2 heterocycles. The van der Waals surface area contributed by atoms with Crippen LogP contribution in [0.15, 0.2) is 89.8 Å². The molecule has 0 saturated carbocycles. The molecule has 0 atom stereocenters. The molecule has 0 aliphatic rings. The number of rotatable bonds is 7. The first kappa shape index (κ1) is 22.1. The largest absolute Gasteiger partial charge is 0.497 e. The van der Waals surface area contributed by atoms with Crippen molar-refractivity contribution in [2.24, 2.45) is 0 Å². The van der Waals surface area contributed by atoms with Gasteiger partial charge in [-0.2, -0.15) is 4.98 Å². The van der Waals surface area contributed by atoms with Gasteiger partial charge >= 0.3 is 0 Å². The summed E-state index contributed by atoms with van der Waals surface area (Å²) >= 11 is 0. The summed E-state index contributed by atoms with van der Waals surface area (Å²) in [5, 5.41) is 6.99. The smallest absolute Gasteiger partial charge is 0.278 e. The normalized spacial score (nSPS) is 10.8. The first-order valence-electron chi connectivity index (χ1n) is 11.0. The Hall–Kier alpha value is -4.72. The minimum absolute atomic E-state index is 0.130. The van der Waals surface area contributed by atoms with Gasteiger partial charge < -0.3 is 19.1 Å². The molecule has 8 heteroatoms. The zero-order valence-electron chi connectivity index (χ0n) is 19.3. The third kappa shape index (κ3) is 5.11. The van der Waals surface area contributed by atoms with Crippen LogP contribution in [0.4, 0.5) is 5.69 Å². The van der Waals surface area contributed by atoms with E-state index >= 15 is 0 Å². The fourth-order valence-electron chi connectivity index (χ4n) is 3.64. The molecule has 0 fully saturated rings. The topological polar surface area (TPSA) is 95.1 Å². The minimum Gasteiger partial charge on any atom is -0.497 e. The van der Waals surface area contributed by atoms with Crippen molar-refractivity contribution in [3.8, 4) is 28.7 Å². The van der Waals surface area contributed by atoms with E-state index in [4.69, 9.17) is 9.26 Å². The lowest BCUT2D eigenvalue weighted by Crippen LogP contribution is -2.12. The first-order valence-corrected chi connectivity index (χ1v) is 11.0. The van der Waals surface area contributed by atoms with Crippen LogP contribution in [0.2, 0.25) is 0 Å². The molecule has 0 bridgehead atoms. The number of aryl methyl sites for hydroxylation is 1. The number of carbonyl (C=O) groups excluding carboxylic acids is 1. The van der Waals surface area contributed by atoms with Crippen molar-refractivity contribution in [1.82, 2.24) is 19.7 Å². The Kier molecular flexibility index (Phi) is 6.09. The summed E-state index contributed by atoms with van der Waals surface area (Å²) in [5.74, 6) is 1.47. The second-order valence-corrected chi connectivity index (χ2v) is 8.10. The lowest BCUT2D eigenvalue weighted by atomic mass is 10.1. The van der Waals surface area contributed by atoms with Gasteiger partial charge in [0, 0.05) is 29.6 Å². The lowest BCUT2D eigenvalue weighted by Gasteiger charge is -2.08. The molecule has 0 saturated heterocycles. The number of aromatic nitrogens is 4. The molecule has 0 unspecified atom stereocenters. The number of anilines is 1. The zero-order chi connectivity index (χ0) is 24.2. The zero-order valence-corrected chi connectivity index (χ0v) is 19.3. The molecule has 174 valence electrons. The van der Waals surface area contributed by atoms with Gasteiger partial charge in [-0.05, 0) is 61.0 Å². The predicted octanol–water partition coefficient (Wildman–Crippen LogP) is 5.22. The fourth-order valence-corrected chi connectivity index (χ4v) is 3.64. The van der Waals surface area contributed by atoms with Gasteiger partial charge in [-0.3, -0.25) is 4.79 Å². The molecule has 8 nitrogen and oxygen atoms in total. The van der Waals surface area contributed by atoms with Crippen LogP contribution < -0.4 is 10.1 Å². The quantitative estimate of drug-likeness (QED) is 0.354. The number of hydrogen-bond acceptors (Lipinski definition) is 6. The molecular formula is C27H23N5O3. The molecule has 35 heavy (non-hydrogen) atoms. The first-order chi connectivity index (χ1) is 17.1. The van der Waals surface area contributed by atoms with Crippen LogP contribution >= 0.6 is 0 Å². The molecule has 5 rings (SSSR count). The summed E-state index contributed by atoms with van der Waals surface area (Å²) in [4.78, 5) is 21.3. The van der Waals surface area contributed by atoms with Crippen molar-refractivity contribution in [2.45, 2.75) is 13.5 Å². The van der Waals surface area contributed by atoms with Gasteiger partial charge in [-0.1, -0.05) is 35.0 Å². The number of nitrogens with one attached hydrogen (secondary N) is 1. The SMILES string of the molecule is COc1ccc(-c2noc(-c3cn(Cc4ccc(NC(=O)c5cccc(C)c5)cc4)cn3)n2)cc1. The van der Waals surface area contributed by atoms with Crippen molar-refractivity contribution in [3.05, 3.63) is 102 Å². The van der Waals surface area contributed by atoms with Crippen LogP contribution in [0.3, 0.4) is 0 Å². The second-order valence-electron chi connectivity index (χ2n) is 8.10. The highest BCUT2D eigenvalue weighted by Crippen LogP contribution is 2.23. The Morgan fingerprint density at radius 2 is 1.86 bits per heavy atom. The molecule has 0 aliphatic heterocycles. The van der Waals surface area contributed by atoms with Gasteiger partial charge in [0.1, 0.15) is 11.4 Å². The predicted molar refractivity (Wildman–Crippen MR) is 132 cm³/mol. The molecule has 5 aromatic rings. The Morgan fingerprint density at radius 1 is 1.06 bits per heavy atom. The third-order valence-electron chi connectivity index (χ3n) is 5.48. The van der Waals surface area contributed by atoms with Crippen molar-refractivity contribution in [3.63, 3.8) is 0 Å². The van der Waals surface area contributed by atoms with Crippen LogP contribution in [-0.4, -0.2) is 32.7 Å². The number of benzene rings is 3. The highest BCUT2D eigenvalue weighted by atomic mass is 16.5. The van der Waals surface area contributed by atoms with E-state index in [1.165, 1.54) is 0 Å². The number of ether oxygens (including phenoxy) is 1. The van der Waals surface area contributed by atoms with Crippen LogP contribution in [0.25, 0.3) is 23.0 Å². The molecule has 2 aromatic heterocycles. The fraction of sp³-hybridized carbons (Fsp3) is 0.111. The van der Waals surface area contributed by atoms with Crippen LogP contribution in [0, 0.1) is 6.92 Å². The van der Waals surface area contributed by atoms with E-state index in [0.29, 0.717) is 29.5 Å². The second kappa shape index (κ2) is 9.64. The number of carbonyl (C=O) groups is 1. The Balaban J connectivity index is 1.23. The molecule has 1 amide bonds. The van der Waals surface area contributed by atoms with Gasteiger partial charge in [0.2, 0.25) is 5.82 Å². The maximum Gasteiger partial charge on any atom is 0.278 e. The summed E-state index contributed by atoms with van der Waals surface area (Å²) < 4.78 is 12.5. The van der Waals surface area contributed by atoms with Gasteiger partial charge in [-0.25, -0.2) is 4.98 Å². The molecule has 1 N–H and O–H groups in total. The van der Waals surface area contributed by atoms with E-state index < -0.39 is 0 Å². The number of amides is 1. The maximum absolute atomic E-state index is 12.5. The van der Waals surface area contributed by atoms with Crippen molar-refractivity contribution < 1.29 is 14.1 Å². The molecule has 0 spiro atoms. The summed E-state index contributed by atoms with van der Waals surface area (Å²) in [6.45, 7) is 2.57. The summed E-state index contributed by atoms with van der Waals surface area (Å²) in [5.41, 5.74) is 4.91. The van der Waals surface area contributed by atoms with E-state index in [2.05, 4.69) is 20.4 Å². The summed E-state index contributed by atoms with van der Waals surface area (Å²) in [6.07, 6.45) is 3.58. The van der Waals surface area contributed by atoms with Crippen molar-refractivity contribution in [2.75, 3.05) is 12.4 Å². The average molecular weight is 466 g/mol. The van der Waals surface area contributed by atoms with Crippen molar-refractivity contribution in [1.29, 1.82) is 0 Å². The highest BCUT2D eigenvalue weighted by molar-refractivity contribution is 6.04. The Bertz CT molecular complexity index is 1450. The molecule has 0 aliphatic carbocycles. The Labute approximate surface area is 202 Å². The van der Waals surface area contributed by atoms with Gasteiger partial charge in [0.25, 0.3) is 11.8 Å². The highest BCUT2D eigenvalue weighted by Gasteiger charge is 2.13. The van der Waals surface area contributed by atoms with E-state index in [0.717, 1.165) is 28.1 Å². The minimum atomic E-state index is -0.130. The van der Waals surface area contributed by atoms with Gasteiger partial charge in [0.05, 0.1) is 13.4 Å². The Morgan fingerprint density at radius 3 is 2.60 bits per heavy atom. The summed E-state index contributed by atoms with van der Waals surface area (Å²) in [7, 11) is 1.62.